The number of nitrogens with zero attached hydrogens (tertiary/aromatic N) is 1. The van der Waals surface area contributed by atoms with E-state index in [1.807, 2.05) is 0 Å². The van der Waals surface area contributed by atoms with Crippen molar-refractivity contribution in [2.75, 3.05) is 12.1 Å². The maximum atomic E-state index is 12.3. The van der Waals surface area contributed by atoms with Gasteiger partial charge in [-0.1, -0.05) is 0 Å². The summed E-state index contributed by atoms with van der Waals surface area (Å²) in [6.45, 7) is 5.82. The van der Waals surface area contributed by atoms with Crippen molar-refractivity contribution in [2.45, 2.75) is 45.8 Å². The van der Waals surface area contributed by atoms with Gasteiger partial charge in [-0.05, 0) is 63.5 Å². The van der Waals surface area contributed by atoms with Gasteiger partial charge in [0.1, 0.15) is 0 Å². The molecule has 0 unspecified atom stereocenters. The number of fused-ring (bicyclic) bond motifs is 1. The van der Waals surface area contributed by atoms with Crippen LogP contribution in [0, 0.1) is 13.8 Å². The van der Waals surface area contributed by atoms with Gasteiger partial charge < -0.3 is 24.1 Å². The van der Waals surface area contributed by atoms with E-state index in [0.717, 1.165) is 11.3 Å². The maximum absolute atomic E-state index is 12.3. The van der Waals surface area contributed by atoms with Gasteiger partial charge >= 0.3 is 5.97 Å². The van der Waals surface area contributed by atoms with Gasteiger partial charge in [0.2, 0.25) is 6.79 Å². The van der Waals surface area contributed by atoms with Crippen LogP contribution >= 0.6 is 0 Å². The highest BCUT2D eigenvalue weighted by Gasteiger charge is 2.26. The molecule has 2 aromatic rings. The minimum atomic E-state index is -0.934. The maximum Gasteiger partial charge on any atom is 0.331 e. The Morgan fingerprint density at radius 2 is 1.97 bits per heavy atom. The Kier molecular flexibility index (Phi) is 5.05. The van der Waals surface area contributed by atoms with Crippen LogP contribution in [0.1, 0.15) is 42.8 Å². The molecule has 4 rings (SSSR count). The molecular formula is C22H24N2O5. The predicted octanol–water partition coefficient (Wildman–Crippen LogP) is 3.75. The van der Waals surface area contributed by atoms with Gasteiger partial charge in [0.05, 0.1) is 0 Å². The molecular weight excluding hydrogens is 372 g/mol. The van der Waals surface area contributed by atoms with Crippen LogP contribution in [0.15, 0.2) is 30.3 Å². The predicted molar refractivity (Wildman–Crippen MR) is 108 cm³/mol. The summed E-state index contributed by atoms with van der Waals surface area (Å²) in [5.41, 5.74) is 3.87. The van der Waals surface area contributed by atoms with E-state index in [-0.39, 0.29) is 6.79 Å². The molecule has 1 atom stereocenters. The lowest BCUT2D eigenvalue weighted by atomic mass is 10.2. The highest BCUT2D eigenvalue weighted by Crippen LogP contribution is 2.38. The molecule has 1 N–H and O–H groups in total. The number of hydrogen-bond acceptors (Lipinski definition) is 5. The molecule has 2 heterocycles. The number of aryl methyl sites for hydroxylation is 1. The largest absolute Gasteiger partial charge is 0.454 e. The third-order valence-electron chi connectivity index (χ3n) is 5.14. The summed E-state index contributed by atoms with van der Waals surface area (Å²) in [6.07, 6.45) is 4.58. The topological polar surface area (TPSA) is 78.8 Å². The van der Waals surface area contributed by atoms with Gasteiger partial charge in [0, 0.05) is 35.3 Å². The second kappa shape index (κ2) is 7.66. The molecule has 152 valence electrons. The zero-order valence-electron chi connectivity index (χ0n) is 16.7. The first-order valence-corrected chi connectivity index (χ1v) is 9.70. The number of anilines is 1. The number of ether oxygens (including phenoxy) is 3. The Bertz CT molecular complexity index is 987. The number of hydrogen-bond donors (Lipinski definition) is 1. The Labute approximate surface area is 169 Å². The Morgan fingerprint density at radius 1 is 1.21 bits per heavy atom. The third kappa shape index (κ3) is 4.13. The molecule has 0 radical (unpaired) electrons. The number of aromatic nitrogens is 1. The van der Waals surface area contributed by atoms with Gasteiger partial charge in [-0.25, -0.2) is 4.79 Å². The quantitative estimate of drug-likeness (QED) is 0.594. The van der Waals surface area contributed by atoms with Crippen molar-refractivity contribution in [3.8, 4) is 11.5 Å². The zero-order chi connectivity index (χ0) is 20.5. The lowest BCUT2D eigenvalue weighted by Gasteiger charge is -2.12. The number of carbonyl (C=O) groups excluding carboxylic acids is 2. The fourth-order valence-electron chi connectivity index (χ4n) is 3.51. The van der Waals surface area contributed by atoms with Crippen molar-refractivity contribution in [3.05, 3.63) is 47.3 Å². The monoisotopic (exact) mass is 396 g/mol. The van der Waals surface area contributed by atoms with E-state index in [1.165, 1.54) is 31.5 Å². The van der Waals surface area contributed by atoms with E-state index in [9.17, 15) is 9.59 Å². The van der Waals surface area contributed by atoms with Crippen molar-refractivity contribution in [1.82, 2.24) is 4.57 Å². The molecule has 7 nitrogen and oxygen atoms in total. The van der Waals surface area contributed by atoms with Crippen LogP contribution in [-0.2, 0) is 14.3 Å². The van der Waals surface area contributed by atoms with Crippen LogP contribution < -0.4 is 14.8 Å². The van der Waals surface area contributed by atoms with Crippen LogP contribution in [0.2, 0.25) is 0 Å². The SMILES string of the molecule is Cc1cc(/C=C/C(=O)O[C@@H](C)C(=O)Nc2ccc3c(c2)OCO3)c(C)n1C1CC1. The second-order valence-electron chi connectivity index (χ2n) is 7.40. The van der Waals surface area contributed by atoms with E-state index in [2.05, 4.69) is 29.8 Å². The van der Waals surface area contributed by atoms with Crippen molar-refractivity contribution >= 4 is 23.6 Å². The average molecular weight is 396 g/mol. The normalized spacial score (nSPS) is 16.1. The van der Waals surface area contributed by atoms with Crippen LogP contribution in [-0.4, -0.2) is 29.3 Å². The van der Waals surface area contributed by atoms with Crippen LogP contribution in [0.25, 0.3) is 6.08 Å². The van der Waals surface area contributed by atoms with Gasteiger partial charge in [-0.3, -0.25) is 4.79 Å². The molecule has 1 saturated carbocycles. The van der Waals surface area contributed by atoms with E-state index in [4.69, 9.17) is 14.2 Å². The summed E-state index contributed by atoms with van der Waals surface area (Å²) >= 11 is 0. The fraction of sp³-hybridized carbons (Fsp3) is 0.364. The van der Waals surface area contributed by atoms with Gasteiger partial charge in [0.25, 0.3) is 5.91 Å². The van der Waals surface area contributed by atoms with Crippen LogP contribution in [0.4, 0.5) is 5.69 Å². The summed E-state index contributed by atoms with van der Waals surface area (Å²) in [7, 11) is 0. The molecule has 2 aliphatic rings. The minimum absolute atomic E-state index is 0.163. The van der Waals surface area contributed by atoms with E-state index < -0.39 is 18.0 Å². The molecule has 7 heteroatoms. The molecule has 0 spiro atoms. The van der Waals surface area contributed by atoms with E-state index in [1.54, 1.807) is 24.3 Å². The summed E-state index contributed by atoms with van der Waals surface area (Å²) in [4.78, 5) is 24.5. The van der Waals surface area contributed by atoms with Gasteiger partial charge in [-0.15, -0.1) is 0 Å². The first-order valence-electron chi connectivity index (χ1n) is 9.70. The second-order valence-corrected chi connectivity index (χ2v) is 7.40. The van der Waals surface area contributed by atoms with Gasteiger partial charge in [0.15, 0.2) is 17.6 Å². The van der Waals surface area contributed by atoms with Crippen molar-refractivity contribution < 1.29 is 23.8 Å². The van der Waals surface area contributed by atoms with E-state index >= 15 is 0 Å². The summed E-state index contributed by atoms with van der Waals surface area (Å²) in [5.74, 6) is 0.222. The number of nitrogens with one attached hydrogen (secondary N) is 1. The number of amides is 1. The minimum Gasteiger partial charge on any atom is -0.454 e. The summed E-state index contributed by atoms with van der Waals surface area (Å²) < 4.78 is 18.1. The van der Waals surface area contributed by atoms with Gasteiger partial charge in [-0.2, -0.15) is 0 Å². The number of rotatable bonds is 6. The van der Waals surface area contributed by atoms with Crippen LogP contribution in [0.5, 0.6) is 11.5 Å². The van der Waals surface area contributed by atoms with Crippen molar-refractivity contribution in [1.29, 1.82) is 0 Å². The summed E-state index contributed by atoms with van der Waals surface area (Å²) in [5, 5.41) is 2.71. The lowest BCUT2D eigenvalue weighted by molar-refractivity contribution is -0.148. The first kappa shape index (κ1) is 19.1. The summed E-state index contributed by atoms with van der Waals surface area (Å²) in [6, 6.07) is 7.74. The van der Waals surface area contributed by atoms with Crippen LogP contribution in [0.3, 0.4) is 0 Å². The molecule has 29 heavy (non-hydrogen) atoms. The molecule has 1 aliphatic heterocycles. The molecule has 1 aromatic carbocycles. The highest BCUT2D eigenvalue weighted by atomic mass is 16.7. The molecule has 1 aliphatic carbocycles. The Balaban J connectivity index is 1.33. The lowest BCUT2D eigenvalue weighted by Crippen LogP contribution is -2.29. The number of benzene rings is 1. The molecule has 0 saturated heterocycles. The highest BCUT2D eigenvalue weighted by molar-refractivity contribution is 5.96. The number of esters is 1. The standard InChI is InChI=1S/C22H24N2O5/c1-13-10-16(14(2)24(13)18-6-7-18)4-9-21(25)29-15(3)22(26)23-17-5-8-19-20(11-17)28-12-27-19/h4-5,8-11,15,18H,6-7,12H2,1-3H3,(H,23,26)/b9-4+/t15-/m0/s1. The zero-order valence-corrected chi connectivity index (χ0v) is 16.7. The molecule has 1 fully saturated rings. The first-order chi connectivity index (χ1) is 13.9. The molecule has 0 bridgehead atoms. The smallest absolute Gasteiger partial charge is 0.331 e. The van der Waals surface area contributed by atoms with Crippen molar-refractivity contribution in [2.24, 2.45) is 0 Å². The number of carbonyl (C=O) groups is 2. The van der Waals surface area contributed by atoms with Crippen molar-refractivity contribution in [3.63, 3.8) is 0 Å². The molecule has 1 amide bonds. The Morgan fingerprint density at radius 3 is 2.72 bits per heavy atom. The third-order valence-corrected chi connectivity index (χ3v) is 5.14. The molecule has 1 aromatic heterocycles. The Hall–Kier alpha value is -3.22. The van der Waals surface area contributed by atoms with E-state index in [0.29, 0.717) is 23.2 Å². The average Bonchev–Trinajstić information content (AvgIpc) is 3.32. The fourth-order valence-corrected chi connectivity index (χ4v) is 3.51.